The Labute approximate surface area is 254 Å². The molecular weight excluding hydrogens is 569 g/mol. The fourth-order valence-corrected chi connectivity index (χ4v) is 5.52. The smallest absolute Gasteiger partial charge is 0.258 e. The third-order valence-electron chi connectivity index (χ3n) is 8.02. The summed E-state index contributed by atoms with van der Waals surface area (Å²) in [6.45, 7) is 5.83. The van der Waals surface area contributed by atoms with Crippen LogP contribution in [-0.4, -0.2) is 37.9 Å². The Kier molecular flexibility index (Phi) is 8.55. The largest absolute Gasteiger partial charge is 0.341 e. The SMILES string of the molecule is Cc1cnn(C)c1-c1ccc(NC(=O)C(Cc2cc(-c3ccc(=O)n(C(C)C)c3)ccc2Cl)NC(=O)C2(F)CCC2)cc1. The average Bonchev–Trinajstić information content (AvgIpc) is 3.30. The first-order chi connectivity index (χ1) is 20.4. The molecule has 0 aliphatic heterocycles. The van der Waals surface area contributed by atoms with Crippen LogP contribution in [0.3, 0.4) is 0 Å². The molecule has 1 saturated carbocycles. The van der Waals surface area contributed by atoms with Gasteiger partial charge in [-0.15, -0.1) is 0 Å². The van der Waals surface area contributed by atoms with E-state index in [4.69, 9.17) is 11.6 Å². The lowest BCUT2D eigenvalue weighted by Crippen LogP contribution is -2.54. The van der Waals surface area contributed by atoms with Crippen molar-refractivity contribution in [3.8, 4) is 22.4 Å². The number of rotatable bonds is 9. The Morgan fingerprint density at radius 3 is 2.33 bits per heavy atom. The van der Waals surface area contributed by atoms with Crippen LogP contribution in [-0.2, 0) is 23.1 Å². The summed E-state index contributed by atoms with van der Waals surface area (Å²) in [4.78, 5) is 38.8. The predicted octanol–water partition coefficient (Wildman–Crippen LogP) is 6.02. The monoisotopic (exact) mass is 603 g/mol. The van der Waals surface area contributed by atoms with E-state index in [-0.39, 0.29) is 30.9 Å². The molecule has 0 saturated heterocycles. The van der Waals surface area contributed by atoms with Crippen LogP contribution in [0.15, 0.2) is 71.8 Å². The zero-order valence-corrected chi connectivity index (χ0v) is 25.4. The third-order valence-corrected chi connectivity index (χ3v) is 8.39. The summed E-state index contributed by atoms with van der Waals surface area (Å²) in [5, 5.41) is 10.2. The number of halogens is 2. The van der Waals surface area contributed by atoms with E-state index >= 15 is 4.39 Å². The molecule has 1 fully saturated rings. The molecule has 2 N–H and O–H groups in total. The van der Waals surface area contributed by atoms with E-state index in [9.17, 15) is 14.4 Å². The summed E-state index contributed by atoms with van der Waals surface area (Å²) in [6.07, 6.45) is 4.49. The second-order valence-corrected chi connectivity index (χ2v) is 11.9. The maximum Gasteiger partial charge on any atom is 0.258 e. The molecule has 1 aliphatic carbocycles. The lowest BCUT2D eigenvalue weighted by Gasteiger charge is -2.33. The van der Waals surface area contributed by atoms with Crippen LogP contribution in [0.4, 0.5) is 10.1 Å². The molecular formula is C33H35ClFN5O3. The Morgan fingerprint density at radius 2 is 1.72 bits per heavy atom. The van der Waals surface area contributed by atoms with Gasteiger partial charge in [0, 0.05) is 48.0 Å². The Bertz CT molecular complexity index is 1700. The highest BCUT2D eigenvalue weighted by molar-refractivity contribution is 6.31. The molecule has 1 aliphatic rings. The van der Waals surface area contributed by atoms with Crippen molar-refractivity contribution in [3.63, 3.8) is 0 Å². The van der Waals surface area contributed by atoms with Gasteiger partial charge in [0.25, 0.3) is 11.5 Å². The molecule has 0 spiro atoms. The molecule has 0 radical (unpaired) electrons. The fourth-order valence-electron chi connectivity index (χ4n) is 5.32. The van der Waals surface area contributed by atoms with Gasteiger partial charge in [0.05, 0.1) is 11.9 Å². The summed E-state index contributed by atoms with van der Waals surface area (Å²) in [7, 11) is 1.87. The zero-order chi connectivity index (χ0) is 30.9. The molecule has 2 aromatic carbocycles. The van der Waals surface area contributed by atoms with Crippen LogP contribution in [0, 0.1) is 6.92 Å². The number of carbonyl (C=O) groups excluding carboxylic acids is 2. The number of alkyl halides is 1. The van der Waals surface area contributed by atoms with Crippen LogP contribution in [0.2, 0.25) is 5.02 Å². The molecule has 0 bridgehead atoms. The first-order valence-electron chi connectivity index (χ1n) is 14.4. The maximum atomic E-state index is 15.0. The van der Waals surface area contributed by atoms with Gasteiger partial charge in [-0.05, 0) is 92.6 Å². The van der Waals surface area contributed by atoms with Gasteiger partial charge in [0.2, 0.25) is 5.91 Å². The number of pyridine rings is 1. The van der Waals surface area contributed by atoms with E-state index in [1.807, 2.05) is 52.1 Å². The minimum Gasteiger partial charge on any atom is -0.341 e. The molecule has 43 heavy (non-hydrogen) atoms. The molecule has 1 atom stereocenters. The van der Waals surface area contributed by atoms with Gasteiger partial charge >= 0.3 is 0 Å². The summed E-state index contributed by atoms with van der Waals surface area (Å²) >= 11 is 6.58. The number of hydrogen-bond donors (Lipinski definition) is 2. The molecule has 2 heterocycles. The lowest BCUT2D eigenvalue weighted by atomic mass is 9.81. The van der Waals surface area contributed by atoms with Crippen molar-refractivity contribution in [2.75, 3.05) is 5.32 Å². The number of nitrogens with zero attached hydrogens (tertiary/aromatic N) is 3. The van der Waals surface area contributed by atoms with Crippen LogP contribution in [0.5, 0.6) is 0 Å². The van der Waals surface area contributed by atoms with Crippen molar-refractivity contribution in [1.82, 2.24) is 19.7 Å². The Hall–Kier alpha value is -4.24. The van der Waals surface area contributed by atoms with Crippen LogP contribution >= 0.6 is 11.6 Å². The molecule has 5 rings (SSSR count). The van der Waals surface area contributed by atoms with Gasteiger partial charge in [0.15, 0.2) is 5.67 Å². The molecule has 10 heteroatoms. The highest BCUT2D eigenvalue weighted by Crippen LogP contribution is 2.36. The van der Waals surface area contributed by atoms with Gasteiger partial charge in [-0.1, -0.05) is 29.8 Å². The quantitative estimate of drug-likeness (QED) is 0.245. The molecule has 8 nitrogen and oxygen atoms in total. The van der Waals surface area contributed by atoms with Gasteiger partial charge < -0.3 is 15.2 Å². The number of carbonyl (C=O) groups is 2. The second-order valence-electron chi connectivity index (χ2n) is 11.5. The minimum atomic E-state index is -1.97. The van der Waals surface area contributed by atoms with Crippen molar-refractivity contribution >= 4 is 29.1 Å². The standard InChI is InChI=1S/C33H35ClFN5O3/c1-20(2)40-19-24(9-13-29(40)41)23-8-12-27(34)25(16-23)17-28(38-32(43)33(35)14-5-15-33)31(42)37-26-10-6-22(7-11-26)30-21(3)18-36-39(30)4/h6-13,16,18-20,28H,5,14-15,17H2,1-4H3,(H,37,42)(H,38,43). The minimum absolute atomic E-state index is 0.0238. The van der Waals surface area contributed by atoms with Gasteiger partial charge in [0.1, 0.15) is 6.04 Å². The van der Waals surface area contributed by atoms with Crippen LogP contribution in [0.25, 0.3) is 22.4 Å². The highest BCUT2D eigenvalue weighted by Gasteiger charge is 2.45. The van der Waals surface area contributed by atoms with Gasteiger partial charge in [-0.3, -0.25) is 19.1 Å². The number of anilines is 1. The summed E-state index contributed by atoms with van der Waals surface area (Å²) in [5.74, 6) is -1.28. The van der Waals surface area contributed by atoms with Crippen molar-refractivity contribution in [2.24, 2.45) is 7.05 Å². The molecule has 2 amide bonds. The molecule has 224 valence electrons. The number of aromatic nitrogens is 3. The van der Waals surface area contributed by atoms with Crippen LogP contribution in [0.1, 0.15) is 50.3 Å². The first kappa shape index (κ1) is 30.2. The zero-order valence-electron chi connectivity index (χ0n) is 24.7. The van der Waals surface area contributed by atoms with E-state index < -0.39 is 23.5 Å². The average molecular weight is 604 g/mol. The van der Waals surface area contributed by atoms with E-state index in [1.165, 1.54) is 6.07 Å². The Morgan fingerprint density at radius 1 is 1.05 bits per heavy atom. The molecule has 2 aromatic heterocycles. The number of hydrogen-bond acceptors (Lipinski definition) is 4. The van der Waals surface area contributed by atoms with E-state index in [1.54, 1.807) is 45.9 Å². The topological polar surface area (TPSA) is 98.0 Å². The van der Waals surface area contributed by atoms with Crippen molar-refractivity contribution in [2.45, 2.75) is 64.2 Å². The lowest BCUT2D eigenvalue weighted by molar-refractivity contribution is -0.140. The second kappa shape index (κ2) is 12.2. The van der Waals surface area contributed by atoms with Gasteiger partial charge in [-0.2, -0.15) is 5.10 Å². The van der Waals surface area contributed by atoms with Crippen molar-refractivity contribution in [1.29, 1.82) is 0 Å². The normalized spacial score (nSPS) is 14.7. The number of aryl methyl sites for hydroxylation is 2. The first-order valence-corrected chi connectivity index (χ1v) is 14.7. The van der Waals surface area contributed by atoms with Gasteiger partial charge in [-0.25, -0.2) is 4.39 Å². The highest BCUT2D eigenvalue weighted by atomic mass is 35.5. The number of benzene rings is 2. The number of nitrogens with one attached hydrogen (secondary N) is 2. The summed E-state index contributed by atoms with van der Waals surface area (Å²) < 4.78 is 18.5. The summed E-state index contributed by atoms with van der Waals surface area (Å²) in [6, 6.07) is 14.8. The molecule has 4 aromatic rings. The number of amides is 2. The molecule has 1 unspecified atom stereocenters. The third kappa shape index (κ3) is 6.41. The van der Waals surface area contributed by atoms with E-state index in [0.717, 1.165) is 27.9 Å². The summed E-state index contributed by atoms with van der Waals surface area (Å²) in [5.41, 5.74) is 3.59. The predicted molar refractivity (Wildman–Crippen MR) is 167 cm³/mol. The van der Waals surface area contributed by atoms with Crippen LogP contribution < -0.4 is 16.2 Å². The maximum absolute atomic E-state index is 15.0. The van der Waals surface area contributed by atoms with E-state index in [0.29, 0.717) is 22.7 Å². The van der Waals surface area contributed by atoms with E-state index in [2.05, 4.69) is 15.7 Å². The van der Waals surface area contributed by atoms with Crippen molar-refractivity contribution < 1.29 is 14.0 Å². The van der Waals surface area contributed by atoms with Crippen molar-refractivity contribution in [3.05, 3.63) is 93.5 Å². The Balaban J connectivity index is 1.41. The fraction of sp³-hybridized carbons (Fsp3) is 0.333.